The van der Waals surface area contributed by atoms with E-state index in [9.17, 15) is 0 Å². The van der Waals surface area contributed by atoms with Gasteiger partial charge in [-0.05, 0) is 18.8 Å². The van der Waals surface area contributed by atoms with Gasteiger partial charge >= 0.3 is 0 Å². The lowest BCUT2D eigenvalue weighted by atomic mass is 10.2. The van der Waals surface area contributed by atoms with Crippen LogP contribution in [0.3, 0.4) is 0 Å². The molecule has 0 radical (unpaired) electrons. The van der Waals surface area contributed by atoms with E-state index in [1.807, 2.05) is 0 Å². The molecule has 2 rings (SSSR count). The molecule has 2 nitrogen and oxygen atoms in total. The van der Waals surface area contributed by atoms with Crippen molar-refractivity contribution in [3.63, 3.8) is 0 Å². The van der Waals surface area contributed by atoms with Crippen molar-refractivity contribution in [3.05, 3.63) is 12.2 Å². The molecule has 1 aliphatic heterocycles. The Labute approximate surface area is 67.6 Å². The Morgan fingerprint density at radius 2 is 2.18 bits per heavy atom. The first-order chi connectivity index (χ1) is 5.45. The predicted molar refractivity (Wildman–Crippen MR) is 44.5 cm³/mol. The SMILES string of the molecule is C(=CC1CNCCO1)C1CC1. The summed E-state index contributed by atoms with van der Waals surface area (Å²) >= 11 is 0. The number of allylic oxidation sites excluding steroid dienone is 1. The van der Waals surface area contributed by atoms with Gasteiger partial charge in [0, 0.05) is 13.1 Å². The second kappa shape index (κ2) is 3.37. The Morgan fingerprint density at radius 3 is 2.82 bits per heavy atom. The lowest BCUT2D eigenvalue weighted by molar-refractivity contribution is 0.0589. The van der Waals surface area contributed by atoms with Crippen molar-refractivity contribution in [1.29, 1.82) is 0 Å². The van der Waals surface area contributed by atoms with Gasteiger partial charge in [0.25, 0.3) is 0 Å². The van der Waals surface area contributed by atoms with Gasteiger partial charge in [0.15, 0.2) is 0 Å². The summed E-state index contributed by atoms with van der Waals surface area (Å²) in [5.41, 5.74) is 0. The summed E-state index contributed by atoms with van der Waals surface area (Å²) in [4.78, 5) is 0. The highest BCUT2D eigenvalue weighted by Crippen LogP contribution is 2.30. The van der Waals surface area contributed by atoms with E-state index in [-0.39, 0.29) is 0 Å². The van der Waals surface area contributed by atoms with Crippen molar-refractivity contribution in [2.75, 3.05) is 19.7 Å². The number of nitrogens with one attached hydrogen (secondary N) is 1. The highest BCUT2D eigenvalue weighted by Gasteiger charge is 2.18. The zero-order valence-corrected chi connectivity index (χ0v) is 6.75. The predicted octanol–water partition coefficient (Wildman–Crippen LogP) is 0.941. The molecule has 0 bridgehead atoms. The smallest absolute Gasteiger partial charge is 0.0880 e. The van der Waals surface area contributed by atoms with Gasteiger partial charge in [-0.15, -0.1) is 0 Å². The first-order valence-corrected chi connectivity index (χ1v) is 4.46. The standard InChI is InChI=1S/C9H15NO/c1-2-8(1)3-4-9-7-10-5-6-11-9/h3-4,8-10H,1-2,5-7H2. The average Bonchev–Trinajstić information content (AvgIpc) is 2.86. The lowest BCUT2D eigenvalue weighted by Crippen LogP contribution is -2.37. The van der Waals surface area contributed by atoms with Crippen molar-refractivity contribution in [3.8, 4) is 0 Å². The van der Waals surface area contributed by atoms with Crippen molar-refractivity contribution in [2.45, 2.75) is 18.9 Å². The minimum Gasteiger partial charge on any atom is -0.372 e. The number of morpholine rings is 1. The molecule has 0 spiro atoms. The van der Waals surface area contributed by atoms with Crippen LogP contribution in [0, 0.1) is 5.92 Å². The molecule has 62 valence electrons. The molecule has 1 unspecified atom stereocenters. The van der Waals surface area contributed by atoms with Gasteiger partial charge in [0.05, 0.1) is 12.7 Å². The molecule has 0 aromatic rings. The van der Waals surface area contributed by atoms with E-state index < -0.39 is 0 Å². The molecule has 2 fully saturated rings. The molecule has 2 aliphatic rings. The molecular formula is C9H15NO. The highest BCUT2D eigenvalue weighted by molar-refractivity contribution is 5.00. The van der Waals surface area contributed by atoms with Crippen molar-refractivity contribution in [2.24, 2.45) is 5.92 Å². The summed E-state index contributed by atoms with van der Waals surface area (Å²) in [6, 6.07) is 0. The van der Waals surface area contributed by atoms with Crippen LogP contribution in [0.5, 0.6) is 0 Å². The lowest BCUT2D eigenvalue weighted by Gasteiger charge is -2.20. The second-order valence-electron chi connectivity index (χ2n) is 3.34. The van der Waals surface area contributed by atoms with E-state index in [1.165, 1.54) is 12.8 Å². The Balaban J connectivity index is 1.74. The molecular weight excluding hydrogens is 138 g/mol. The van der Waals surface area contributed by atoms with Crippen LogP contribution in [0.15, 0.2) is 12.2 Å². The normalized spacial score (nSPS) is 32.9. The third-order valence-corrected chi connectivity index (χ3v) is 2.18. The first kappa shape index (κ1) is 7.32. The van der Waals surface area contributed by atoms with Gasteiger partial charge in [-0.25, -0.2) is 0 Å². The molecule has 1 aliphatic carbocycles. The van der Waals surface area contributed by atoms with Crippen LogP contribution >= 0.6 is 0 Å². The molecule has 0 amide bonds. The maximum atomic E-state index is 5.51. The summed E-state index contributed by atoms with van der Waals surface area (Å²) in [5.74, 6) is 0.875. The van der Waals surface area contributed by atoms with Crippen LogP contribution in [0.25, 0.3) is 0 Å². The second-order valence-corrected chi connectivity index (χ2v) is 3.34. The average molecular weight is 153 g/mol. The van der Waals surface area contributed by atoms with Gasteiger partial charge in [0.1, 0.15) is 0 Å². The van der Waals surface area contributed by atoms with E-state index in [2.05, 4.69) is 17.5 Å². The molecule has 1 N–H and O–H groups in total. The van der Waals surface area contributed by atoms with Gasteiger partial charge < -0.3 is 10.1 Å². The van der Waals surface area contributed by atoms with E-state index in [4.69, 9.17) is 4.74 Å². The number of ether oxygens (including phenoxy) is 1. The summed E-state index contributed by atoms with van der Waals surface area (Å²) < 4.78 is 5.51. The Morgan fingerprint density at radius 1 is 1.27 bits per heavy atom. The third-order valence-electron chi connectivity index (χ3n) is 2.18. The van der Waals surface area contributed by atoms with Crippen LogP contribution in [-0.2, 0) is 4.74 Å². The maximum absolute atomic E-state index is 5.51. The van der Waals surface area contributed by atoms with Crippen molar-refractivity contribution >= 4 is 0 Å². The minimum atomic E-state index is 0.337. The fourth-order valence-electron chi connectivity index (χ4n) is 1.28. The quantitative estimate of drug-likeness (QED) is 0.596. The topological polar surface area (TPSA) is 21.3 Å². The fraction of sp³-hybridized carbons (Fsp3) is 0.778. The van der Waals surface area contributed by atoms with Crippen LogP contribution < -0.4 is 5.32 Å². The molecule has 1 saturated heterocycles. The Bertz CT molecular complexity index is 146. The minimum absolute atomic E-state index is 0.337. The van der Waals surface area contributed by atoms with Gasteiger partial charge in [-0.3, -0.25) is 0 Å². The molecule has 2 heteroatoms. The van der Waals surface area contributed by atoms with Gasteiger partial charge in [-0.2, -0.15) is 0 Å². The van der Waals surface area contributed by atoms with E-state index in [0.717, 1.165) is 25.6 Å². The largest absolute Gasteiger partial charge is 0.372 e. The maximum Gasteiger partial charge on any atom is 0.0880 e. The van der Waals surface area contributed by atoms with Gasteiger partial charge in [0.2, 0.25) is 0 Å². The van der Waals surface area contributed by atoms with Crippen molar-refractivity contribution < 1.29 is 4.74 Å². The van der Waals surface area contributed by atoms with Crippen molar-refractivity contribution in [1.82, 2.24) is 5.32 Å². The van der Waals surface area contributed by atoms with E-state index in [0.29, 0.717) is 6.10 Å². The Kier molecular flexibility index (Phi) is 2.24. The van der Waals surface area contributed by atoms with Crippen LogP contribution in [0.1, 0.15) is 12.8 Å². The number of rotatable bonds is 2. The van der Waals surface area contributed by atoms with Crippen LogP contribution in [0.4, 0.5) is 0 Å². The fourth-order valence-corrected chi connectivity index (χ4v) is 1.28. The summed E-state index contributed by atoms with van der Waals surface area (Å²) in [6.45, 7) is 2.86. The zero-order valence-electron chi connectivity index (χ0n) is 6.75. The molecule has 0 aromatic carbocycles. The third kappa shape index (κ3) is 2.31. The molecule has 1 saturated carbocycles. The van der Waals surface area contributed by atoms with Crippen LogP contribution in [0.2, 0.25) is 0 Å². The summed E-state index contributed by atoms with van der Waals surface area (Å²) in [7, 11) is 0. The van der Waals surface area contributed by atoms with E-state index >= 15 is 0 Å². The van der Waals surface area contributed by atoms with E-state index in [1.54, 1.807) is 0 Å². The molecule has 1 heterocycles. The molecule has 11 heavy (non-hydrogen) atoms. The first-order valence-electron chi connectivity index (χ1n) is 4.46. The van der Waals surface area contributed by atoms with Gasteiger partial charge in [-0.1, -0.05) is 12.2 Å². The monoisotopic (exact) mass is 153 g/mol. The number of hydrogen-bond donors (Lipinski definition) is 1. The molecule has 0 aromatic heterocycles. The Hall–Kier alpha value is -0.340. The highest BCUT2D eigenvalue weighted by atomic mass is 16.5. The zero-order chi connectivity index (χ0) is 7.52. The van der Waals surface area contributed by atoms with Crippen LogP contribution in [-0.4, -0.2) is 25.8 Å². The molecule has 1 atom stereocenters. The number of hydrogen-bond acceptors (Lipinski definition) is 2. The summed E-state index contributed by atoms with van der Waals surface area (Å²) in [5, 5.41) is 3.30. The summed E-state index contributed by atoms with van der Waals surface area (Å²) in [6.07, 6.45) is 7.62.